The molecular weight excluding hydrogens is 221 g/mol. The van der Waals surface area contributed by atoms with Gasteiger partial charge in [0, 0.05) is 31.7 Å². The lowest BCUT2D eigenvalue weighted by Gasteiger charge is -2.33. The smallest absolute Gasteiger partial charge is 0.381 e. The molecule has 1 aliphatic rings. The van der Waals surface area contributed by atoms with Gasteiger partial charge in [-0.25, -0.2) is 0 Å². The Hall–Kier alpha value is -0.330. The highest BCUT2D eigenvalue weighted by atomic mass is 19.4. The number of hydrogen-bond donors (Lipinski definition) is 2. The van der Waals surface area contributed by atoms with Gasteiger partial charge < -0.3 is 15.8 Å². The van der Waals surface area contributed by atoms with Crippen molar-refractivity contribution in [1.82, 2.24) is 5.32 Å². The fourth-order valence-electron chi connectivity index (χ4n) is 1.71. The van der Waals surface area contributed by atoms with E-state index in [2.05, 4.69) is 5.32 Å². The number of nitrogens with two attached hydrogens (primary N) is 1. The van der Waals surface area contributed by atoms with Gasteiger partial charge in [-0.1, -0.05) is 0 Å². The summed E-state index contributed by atoms with van der Waals surface area (Å²) < 4.78 is 40.7. The Balaban J connectivity index is 2.06. The fourth-order valence-corrected chi connectivity index (χ4v) is 1.71. The highest BCUT2D eigenvalue weighted by Gasteiger charge is 2.28. The molecule has 16 heavy (non-hydrogen) atoms. The van der Waals surface area contributed by atoms with Crippen molar-refractivity contribution in [2.45, 2.75) is 37.4 Å². The second-order valence-corrected chi connectivity index (χ2v) is 4.37. The van der Waals surface area contributed by atoms with E-state index in [1.807, 2.05) is 0 Å². The first-order chi connectivity index (χ1) is 7.41. The fraction of sp³-hybridized carbons (Fsp3) is 1.00. The van der Waals surface area contributed by atoms with E-state index in [1.165, 1.54) is 0 Å². The van der Waals surface area contributed by atoms with E-state index in [0.717, 1.165) is 12.8 Å². The monoisotopic (exact) mass is 240 g/mol. The molecule has 1 saturated heterocycles. The average Bonchev–Trinajstić information content (AvgIpc) is 2.16. The number of halogens is 3. The van der Waals surface area contributed by atoms with E-state index >= 15 is 0 Å². The Morgan fingerprint density at radius 1 is 1.25 bits per heavy atom. The minimum Gasteiger partial charge on any atom is -0.381 e. The Morgan fingerprint density at radius 3 is 2.44 bits per heavy atom. The highest BCUT2D eigenvalue weighted by Crippen LogP contribution is 2.21. The number of nitrogens with one attached hydrogen (secondary N) is 1. The molecule has 3 N–H and O–H groups in total. The molecule has 1 rings (SSSR count). The summed E-state index contributed by atoms with van der Waals surface area (Å²) in [4.78, 5) is 0. The maximum atomic E-state index is 11.8. The van der Waals surface area contributed by atoms with Crippen molar-refractivity contribution in [3.05, 3.63) is 0 Å². The van der Waals surface area contributed by atoms with E-state index in [4.69, 9.17) is 10.5 Å². The van der Waals surface area contributed by atoms with Crippen molar-refractivity contribution < 1.29 is 17.9 Å². The first-order valence-corrected chi connectivity index (χ1v) is 5.55. The van der Waals surface area contributed by atoms with Gasteiger partial charge in [-0.05, 0) is 25.8 Å². The lowest BCUT2D eigenvalue weighted by Crippen LogP contribution is -2.52. The van der Waals surface area contributed by atoms with Gasteiger partial charge in [-0.15, -0.1) is 0 Å². The normalized spacial score (nSPS) is 21.0. The van der Waals surface area contributed by atoms with Gasteiger partial charge in [0.2, 0.25) is 0 Å². The summed E-state index contributed by atoms with van der Waals surface area (Å²) in [5, 5.41) is 2.99. The summed E-state index contributed by atoms with van der Waals surface area (Å²) in [5.74, 6) is 0. The van der Waals surface area contributed by atoms with Crippen LogP contribution in [0.4, 0.5) is 13.2 Å². The van der Waals surface area contributed by atoms with E-state index in [9.17, 15) is 13.2 Å². The Morgan fingerprint density at radius 2 is 1.88 bits per heavy atom. The van der Waals surface area contributed by atoms with E-state index in [-0.39, 0.29) is 12.0 Å². The van der Waals surface area contributed by atoms with Crippen molar-refractivity contribution in [2.24, 2.45) is 5.73 Å². The topological polar surface area (TPSA) is 47.3 Å². The van der Waals surface area contributed by atoms with Gasteiger partial charge in [0.15, 0.2) is 0 Å². The van der Waals surface area contributed by atoms with Crippen LogP contribution in [0, 0.1) is 0 Å². The maximum absolute atomic E-state index is 11.8. The maximum Gasteiger partial charge on any atom is 0.389 e. The van der Waals surface area contributed by atoms with Gasteiger partial charge >= 0.3 is 6.18 Å². The molecule has 0 amide bonds. The molecule has 3 nitrogen and oxygen atoms in total. The second-order valence-electron chi connectivity index (χ2n) is 4.37. The average molecular weight is 240 g/mol. The third-order valence-corrected chi connectivity index (χ3v) is 2.78. The molecule has 0 radical (unpaired) electrons. The summed E-state index contributed by atoms with van der Waals surface area (Å²) >= 11 is 0. The van der Waals surface area contributed by atoms with Gasteiger partial charge in [-0.3, -0.25) is 0 Å². The summed E-state index contributed by atoms with van der Waals surface area (Å²) in [5.41, 5.74) is 5.75. The standard InChI is InChI=1S/C10H19F3N2O/c11-10(12,13)2-1-5-15-8-9(14)3-6-16-7-4-9/h15H,1-8,14H2. The lowest BCUT2D eigenvalue weighted by atomic mass is 9.91. The molecule has 1 fully saturated rings. The summed E-state index contributed by atoms with van der Waals surface area (Å²) in [7, 11) is 0. The van der Waals surface area contributed by atoms with Crippen LogP contribution in [0.2, 0.25) is 0 Å². The van der Waals surface area contributed by atoms with Gasteiger partial charge in [0.25, 0.3) is 0 Å². The van der Waals surface area contributed by atoms with E-state index < -0.39 is 12.6 Å². The molecule has 0 aliphatic carbocycles. The highest BCUT2D eigenvalue weighted by molar-refractivity contribution is 4.88. The molecule has 96 valence electrons. The molecule has 0 aromatic carbocycles. The van der Waals surface area contributed by atoms with Crippen LogP contribution in [0.5, 0.6) is 0 Å². The quantitative estimate of drug-likeness (QED) is 0.715. The molecule has 0 atom stereocenters. The van der Waals surface area contributed by atoms with Crippen LogP contribution in [0.1, 0.15) is 25.7 Å². The summed E-state index contributed by atoms with van der Waals surface area (Å²) in [6, 6.07) is 0. The third kappa shape index (κ3) is 5.67. The predicted octanol–water partition coefficient (Wildman–Crippen LogP) is 1.43. The minimum atomic E-state index is -4.05. The Bertz CT molecular complexity index is 203. The van der Waals surface area contributed by atoms with Crippen LogP contribution in [0.15, 0.2) is 0 Å². The molecule has 0 bridgehead atoms. The van der Waals surface area contributed by atoms with Crippen molar-refractivity contribution >= 4 is 0 Å². The van der Waals surface area contributed by atoms with E-state index in [1.54, 1.807) is 0 Å². The van der Waals surface area contributed by atoms with Crippen LogP contribution in [0.3, 0.4) is 0 Å². The zero-order valence-electron chi connectivity index (χ0n) is 9.28. The van der Waals surface area contributed by atoms with Crippen molar-refractivity contribution in [3.63, 3.8) is 0 Å². The van der Waals surface area contributed by atoms with E-state index in [0.29, 0.717) is 26.3 Å². The molecule has 0 unspecified atom stereocenters. The van der Waals surface area contributed by atoms with Crippen LogP contribution in [0.25, 0.3) is 0 Å². The lowest BCUT2D eigenvalue weighted by molar-refractivity contribution is -0.135. The van der Waals surface area contributed by atoms with Crippen molar-refractivity contribution in [2.75, 3.05) is 26.3 Å². The molecule has 1 heterocycles. The zero-order chi connectivity index (χ0) is 12.1. The number of alkyl halides is 3. The molecular formula is C10H19F3N2O. The van der Waals surface area contributed by atoms with Gasteiger partial charge in [0.05, 0.1) is 0 Å². The van der Waals surface area contributed by atoms with Crippen molar-refractivity contribution in [1.29, 1.82) is 0 Å². The molecule has 0 saturated carbocycles. The molecule has 0 spiro atoms. The van der Waals surface area contributed by atoms with Crippen molar-refractivity contribution in [3.8, 4) is 0 Å². The third-order valence-electron chi connectivity index (χ3n) is 2.78. The largest absolute Gasteiger partial charge is 0.389 e. The number of ether oxygens (including phenoxy) is 1. The first kappa shape index (κ1) is 13.7. The van der Waals surface area contributed by atoms with Gasteiger partial charge in [-0.2, -0.15) is 13.2 Å². The zero-order valence-corrected chi connectivity index (χ0v) is 9.28. The second kappa shape index (κ2) is 5.84. The number of rotatable bonds is 5. The number of hydrogen-bond acceptors (Lipinski definition) is 3. The molecule has 0 aromatic rings. The Kier molecular flexibility index (Phi) is 5.01. The minimum absolute atomic E-state index is 0.107. The summed E-state index contributed by atoms with van der Waals surface area (Å²) in [6.45, 7) is 2.20. The molecule has 6 heteroatoms. The molecule has 1 aliphatic heterocycles. The van der Waals surface area contributed by atoms with Gasteiger partial charge in [0.1, 0.15) is 0 Å². The van der Waals surface area contributed by atoms with Crippen LogP contribution >= 0.6 is 0 Å². The van der Waals surface area contributed by atoms with Crippen LogP contribution < -0.4 is 11.1 Å². The first-order valence-electron chi connectivity index (χ1n) is 5.55. The predicted molar refractivity (Wildman–Crippen MR) is 55.1 cm³/mol. The van der Waals surface area contributed by atoms with Crippen LogP contribution in [-0.2, 0) is 4.74 Å². The summed E-state index contributed by atoms with van der Waals surface area (Å²) in [6.07, 6.45) is -3.16. The molecule has 0 aromatic heterocycles. The Labute approximate surface area is 93.5 Å². The SMILES string of the molecule is NC1(CNCCCC(F)(F)F)CCOCC1. The van der Waals surface area contributed by atoms with Crippen LogP contribution in [-0.4, -0.2) is 38.0 Å².